The molecule has 3 aromatic rings. The van der Waals surface area contributed by atoms with E-state index < -0.39 is 0 Å². The maximum absolute atomic E-state index is 13.6. The average Bonchev–Trinajstić information content (AvgIpc) is 3.25. The van der Waals surface area contributed by atoms with Crippen LogP contribution in [-0.4, -0.2) is 50.8 Å². The number of ketones is 2. The van der Waals surface area contributed by atoms with E-state index in [9.17, 15) is 9.59 Å². The number of nitrogens with one attached hydrogen (secondary N) is 3. The van der Waals surface area contributed by atoms with Crippen molar-refractivity contribution in [1.29, 1.82) is 0 Å². The van der Waals surface area contributed by atoms with Crippen molar-refractivity contribution >= 4 is 62.7 Å². The first-order valence-corrected chi connectivity index (χ1v) is 10.9. The molecule has 10 heteroatoms. The minimum Gasteiger partial charge on any atom is -0.383 e. The summed E-state index contributed by atoms with van der Waals surface area (Å²) in [5.74, 6) is -0.312. The number of carbonyl (C=O) groups excluding carboxylic acids is 2. The van der Waals surface area contributed by atoms with Crippen LogP contribution in [0.15, 0.2) is 40.7 Å². The molecule has 0 radical (unpaired) electrons. The van der Waals surface area contributed by atoms with E-state index in [2.05, 4.69) is 20.9 Å². The number of fused-ring (bicyclic) bond motifs is 3. The normalized spacial score (nSPS) is 12.0. The van der Waals surface area contributed by atoms with Crippen molar-refractivity contribution < 1.29 is 9.59 Å². The van der Waals surface area contributed by atoms with Crippen molar-refractivity contribution in [3.8, 4) is 0 Å². The summed E-state index contributed by atoms with van der Waals surface area (Å²) in [4.78, 5) is 31.1. The molecule has 168 valence electrons. The molecule has 1 heterocycles. The van der Waals surface area contributed by atoms with E-state index >= 15 is 0 Å². The molecule has 0 aliphatic heterocycles. The van der Waals surface area contributed by atoms with Gasteiger partial charge in [-0.25, -0.2) is 0 Å². The fourth-order valence-electron chi connectivity index (χ4n) is 3.83. The van der Waals surface area contributed by atoms with Gasteiger partial charge in [-0.2, -0.15) is 0 Å². The van der Waals surface area contributed by atoms with Crippen LogP contribution < -0.4 is 27.4 Å². The number of rotatable bonds is 8. The highest BCUT2D eigenvalue weighted by molar-refractivity contribution is 7.18. The van der Waals surface area contributed by atoms with E-state index in [0.717, 1.165) is 16.6 Å². The van der Waals surface area contributed by atoms with E-state index in [-0.39, 0.29) is 29.9 Å². The number of benzene rings is 2. The Morgan fingerprint density at radius 3 is 2.19 bits per heavy atom. The third-order valence-electron chi connectivity index (χ3n) is 5.17. The Labute approximate surface area is 195 Å². The number of hydrogen-bond acceptors (Lipinski definition) is 7. The van der Waals surface area contributed by atoms with Gasteiger partial charge in [-0.15, -0.1) is 23.7 Å². The molecule has 0 bridgehead atoms. The second-order valence-electron chi connectivity index (χ2n) is 7.13. The standard InChI is InChI=1S/C22H24N6O2S.ClH/c1-25-7-8-26-17-14-6-11-31-21(14)18(27-9-10-28-22(23)24)16-15(17)19(29)12-4-2-3-5-13(12)20(16)30;/h2-6,11,25-27H,7-10H2,1H3,(H4,23,24,28);1H. The summed E-state index contributed by atoms with van der Waals surface area (Å²) >= 11 is 1.52. The summed E-state index contributed by atoms with van der Waals surface area (Å²) in [6.07, 6.45) is 0. The summed E-state index contributed by atoms with van der Waals surface area (Å²) < 4.78 is 0.913. The van der Waals surface area contributed by atoms with Crippen molar-refractivity contribution in [2.24, 2.45) is 16.5 Å². The fourth-order valence-corrected chi connectivity index (χ4v) is 4.76. The minimum absolute atomic E-state index is 0. The monoisotopic (exact) mass is 472 g/mol. The summed E-state index contributed by atoms with van der Waals surface area (Å²) in [6.45, 7) is 2.11. The molecule has 4 rings (SSSR count). The molecule has 0 fully saturated rings. The first-order chi connectivity index (χ1) is 15.0. The van der Waals surface area contributed by atoms with Crippen LogP contribution in [0.25, 0.3) is 10.1 Å². The molecule has 0 amide bonds. The predicted molar refractivity (Wildman–Crippen MR) is 134 cm³/mol. The largest absolute Gasteiger partial charge is 0.383 e. The van der Waals surface area contributed by atoms with Gasteiger partial charge in [-0.1, -0.05) is 24.3 Å². The van der Waals surface area contributed by atoms with Gasteiger partial charge in [0.05, 0.1) is 33.7 Å². The highest BCUT2D eigenvalue weighted by Crippen LogP contribution is 2.45. The fraction of sp³-hybridized carbons (Fsp3) is 0.227. The summed E-state index contributed by atoms with van der Waals surface area (Å²) in [6, 6.07) is 8.94. The molecular weight excluding hydrogens is 448 g/mol. The molecule has 1 aliphatic rings. The first-order valence-electron chi connectivity index (χ1n) is 9.98. The molecule has 2 aromatic carbocycles. The number of thiophene rings is 1. The Kier molecular flexibility index (Phi) is 7.34. The van der Waals surface area contributed by atoms with Crippen molar-refractivity contribution in [1.82, 2.24) is 5.32 Å². The summed E-state index contributed by atoms with van der Waals surface area (Å²) in [5.41, 5.74) is 13.8. The smallest absolute Gasteiger partial charge is 0.196 e. The lowest BCUT2D eigenvalue weighted by Crippen LogP contribution is -2.26. The lowest BCUT2D eigenvalue weighted by Gasteiger charge is -2.25. The second kappa shape index (κ2) is 9.99. The number of guanidine groups is 1. The van der Waals surface area contributed by atoms with Crippen LogP contribution in [0, 0.1) is 0 Å². The molecule has 0 saturated carbocycles. The molecule has 0 spiro atoms. The van der Waals surface area contributed by atoms with Gasteiger partial charge in [0.25, 0.3) is 0 Å². The lowest BCUT2D eigenvalue weighted by molar-refractivity contribution is 0.0980. The third kappa shape index (κ3) is 4.14. The third-order valence-corrected chi connectivity index (χ3v) is 6.10. The molecule has 1 aromatic heterocycles. The zero-order valence-electron chi connectivity index (χ0n) is 17.5. The SMILES string of the molecule is CNCCNc1c2c(c(NCCN=C(N)N)c3sccc13)C(=O)c1ccccc1C2=O.Cl. The first kappa shape index (κ1) is 23.5. The number of anilines is 2. The predicted octanol–water partition coefficient (Wildman–Crippen LogP) is 2.42. The maximum atomic E-state index is 13.6. The van der Waals surface area contributed by atoms with Gasteiger partial charge in [-0.05, 0) is 18.5 Å². The van der Waals surface area contributed by atoms with E-state index in [1.807, 2.05) is 18.5 Å². The van der Waals surface area contributed by atoms with Crippen LogP contribution >= 0.6 is 23.7 Å². The van der Waals surface area contributed by atoms with Gasteiger partial charge in [0.15, 0.2) is 17.5 Å². The Balaban J connectivity index is 0.00000289. The average molecular weight is 473 g/mol. The molecule has 0 unspecified atom stereocenters. The van der Waals surface area contributed by atoms with Crippen LogP contribution in [0.5, 0.6) is 0 Å². The van der Waals surface area contributed by atoms with E-state index in [4.69, 9.17) is 11.5 Å². The molecule has 7 N–H and O–H groups in total. The molecule has 32 heavy (non-hydrogen) atoms. The van der Waals surface area contributed by atoms with Crippen LogP contribution in [0.2, 0.25) is 0 Å². The highest BCUT2D eigenvalue weighted by atomic mass is 35.5. The van der Waals surface area contributed by atoms with E-state index in [1.165, 1.54) is 11.3 Å². The summed E-state index contributed by atoms with van der Waals surface area (Å²) in [7, 11) is 1.87. The zero-order valence-corrected chi connectivity index (χ0v) is 19.2. The van der Waals surface area contributed by atoms with Gasteiger partial charge in [0.1, 0.15) is 0 Å². The Hall–Kier alpha value is -3.14. The van der Waals surface area contributed by atoms with Gasteiger partial charge < -0.3 is 27.4 Å². The van der Waals surface area contributed by atoms with Gasteiger partial charge in [-0.3, -0.25) is 14.6 Å². The van der Waals surface area contributed by atoms with Crippen LogP contribution in [0.4, 0.5) is 11.4 Å². The van der Waals surface area contributed by atoms with Gasteiger partial charge >= 0.3 is 0 Å². The number of aliphatic imine (C=N–C) groups is 1. The molecule has 0 atom stereocenters. The highest BCUT2D eigenvalue weighted by Gasteiger charge is 2.35. The molecule has 1 aliphatic carbocycles. The zero-order chi connectivity index (χ0) is 22.0. The minimum atomic E-state index is -0.165. The number of nitrogens with two attached hydrogens (primary N) is 2. The molecule has 8 nitrogen and oxygen atoms in total. The maximum Gasteiger partial charge on any atom is 0.196 e. The van der Waals surface area contributed by atoms with Crippen molar-refractivity contribution in [2.45, 2.75) is 0 Å². The Bertz CT molecular complexity index is 1200. The van der Waals surface area contributed by atoms with Gasteiger partial charge in [0.2, 0.25) is 0 Å². The van der Waals surface area contributed by atoms with E-state index in [1.54, 1.807) is 24.3 Å². The number of carbonyl (C=O) groups is 2. The Morgan fingerprint density at radius 1 is 0.938 bits per heavy atom. The number of likely N-dealkylation sites (N-methyl/N-ethyl adjacent to an activating group) is 1. The number of nitrogens with zero attached hydrogens (tertiary/aromatic N) is 1. The van der Waals surface area contributed by atoms with Crippen LogP contribution in [-0.2, 0) is 0 Å². The van der Waals surface area contributed by atoms with E-state index in [0.29, 0.717) is 53.3 Å². The van der Waals surface area contributed by atoms with Crippen molar-refractivity contribution in [3.63, 3.8) is 0 Å². The van der Waals surface area contributed by atoms with Crippen LogP contribution in [0.1, 0.15) is 31.8 Å². The Morgan fingerprint density at radius 2 is 1.56 bits per heavy atom. The van der Waals surface area contributed by atoms with Crippen LogP contribution in [0.3, 0.4) is 0 Å². The second-order valence-corrected chi connectivity index (χ2v) is 8.05. The van der Waals surface area contributed by atoms with Crippen molar-refractivity contribution in [2.75, 3.05) is 43.9 Å². The summed E-state index contributed by atoms with van der Waals surface area (Å²) in [5, 5.41) is 12.7. The topological polar surface area (TPSA) is 135 Å². The lowest BCUT2D eigenvalue weighted by atomic mass is 9.81. The number of hydrogen-bond donors (Lipinski definition) is 5. The van der Waals surface area contributed by atoms with Gasteiger partial charge in [0, 0.05) is 36.1 Å². The molecular formula is C22H25ClN6O2S. The quantitative estimate of drug-likeness (QED) is 0.115. The van der Waals surface area contributed by atoms with Crippen molar-refractivity contribution in [3.05, 3.63) is 58.0 Å². The number of halogens is 1. The molecule has 0 saturated heterocycles.